The van der Waals surface area contributed by atoms with Crippen LogP contribution in [-0.4, -0.2) is 30.2 Å². The first-order valence-electron chi connectivity index (χ1n) is 8.35. The molecule has 23 heavy (non-hydrogen) atoms. The predicted octanol–water partition coefficient (Wildman–Crippen LogP) is 3.16. The van der Waals surface area contributed by atoms with E-state index in [4.69, 9.17) is 14.7 Å². The number of ether oxygens (including phenoxy) is 1. The van der Waals surface area contributed by atoms with Crippen molar-refractivity contribution in [2.24, 2.45) is 0 Å². The second-order valence-electron chi connectivity index (χ2n) is 6.26. The summed E-state index contributed by atoms with van der Waals surface area (Å²) in [6, 6.07) is 8.07. The quantitative estimate of drug-likeness (QED) is 0.942. The van der Waals surface area contributed by atoms with Crippen LogP contribution in [0.5, 0.6) is 5.75 Å². The van der Waals surface area contributed by atoms with Gasteiger partial charge >= 0.3 is 0 Å². The summed E-state index contributed by atoms with van der Waals surface area (Å²) in [5.74, 6) is 2.31. The molecule has 2 aromatic rings. The molecule has 3 rings (SSSR count). The van der Waals surface area contributed by atoms with Crippen LogP contribution in [0.15, 0.2) is 24.3 Å². The molecule has 0 bridgehead atoms. The molecule has 1 fully saturated rings. The van der Waals surface area contributed by atoms with E-state index in [0.717, 1.165) is 41.6 Å². The Kier molecular flexibility index (Phi) is 4.91. The van der Waals surface area contributed by atoms with E-state index in [-0.39, 0.29) is 0 Å². The Morgan fingerprint density at radius 1 is 1.17 bits per heavy atom. The summed E-state index contributed by atoms with van der Waals surface area (Å²) in [7, 11) is 1.70. The molecular formula is C19H25N3O. The highest BCUT2D eigenvalue weighted by atomic mass is 16.5. The molecule has 1 unspecified atom stereocenters. The number of nitrogens with one attached hydrogen (secondary N) is 1. The molecule has 1 aromatic carbocycles. The van der Waals surface area contributed by atoms with Gasteiger partial charge in [0.05, 0.1) is 7.11 Å². The number of hydrogen-bond acceptors (Lipinski definition) is 4. The molecule has 1 aliphatic heterocycles. The van der Waals surface area contributed by atoms with Gasteiger partial charge in [-0.15, -0.1) is 0 Å². The van der Waals surface area contributed by atoms with Gasteiger partial charge in [-0.05, 0) is 50.8 Å². The Labute approximate surface area is 138 Å². The van der Waals surface area contributed by atoms with Crippen molar-refractivity contribution >= 4 is 0 Å². The summed E-state index contributed by atoms with van der Waals surface area (Å²) in [5.41, 5.74) is 4.70. The lowest BCUT2D eigenvalue weighted by Gasteiger charge is -2.25. The number of nitrogens with zero attached hydrogens (tertiary/aromatic N) is 2. The highest BCUT2D eigenvalue weighted by molar-refractivity contribution is 5.36. The second-order valence-corrected chi connectivity index (χ2v) is 6.26. The van der Waals surface area contributed by atoms with Gasteiger partial charge in [0.15, 0.2) is 0 Å². The van der Waals surface area contributed by atoms with Gasteiger partial charge in [-0.2, -0.15) is 0 Å². The van der Waals surface area contributed by atoms with Gasteiger partial charge in [-0.25, -0.2) is 9.97 Å². The average molecular weight is 311 g/mol. The van der Waals surface area contributed by atoms with Crippen LogP contribution in [-0.2, 0) is 6.42 Å². The largest absolute Gasteiger partial charge is 0.496 e. The Bertz CT molecular complexity index is 655. The topological polar surface area (TPSA) is 47.0 Å². The Morgan fingerprint density at radius 2 is 1.91 bits per heavy atom. The van der Waals surface area contributed by atoms with Gasteiger partial charge in [0.2, 0.25) is 0 Å². The van der Waals surface area contributed by atoms with E-state index < -0.39 is 0 Å². The van der Waals surface area contributed by atoms with E-state index in [9.17, 15) is 0 Å². The van der Waals surface area contributed by atoms with Crippen LogP contribution in [0.1, 0.15) is 47.1 Å². The number of hydrogen-bond donors (Lipinski definition) is 1. The number of benzene rings is 1. The fourth-order valence-electron chi connectivity index (χ4n) is 3.58. The Balaban J connectivity index is 1.87. The zero-order valence-electron chi connectivity index (χ0n) is 14.2. The second kappa shape index (κ2) is 7.09. The maximum absolute atomic E-state index is 5.43. The predicted molar refractivity (Wildman–Crippen MR) is 92.2 cm³/mol. The molecule has 1 aliphatic rings. The van der Waals surface area contributed by atoms with E-state index in [1.165, 1.54) is 18.4 Å². The molecule has 0 saturated carbocycles. The van der Waals surface area contributed by atoms with Crippen molar-refractivity contribution in [3.8, 4) is 5.75 Å². The maximum atomic E-state index is 5.43. The normalized spacial score (nSPS) is 18.0. The van der Waals surface area contributed by atoms with Gasteiger partial charge in [0, 0.05) is 29.9 Å². The minimum absolute atomic E-state index is 0.545. The SMILES string of the molecule is COc1ccccc1Cc1nc(C)c(C2CCCNC2)c(C)n1. The lowest BCUT2D eigenvalue weighted by Crippen LogP contribution is -2.29. The minimum Gasteiger partial charge on any atom is -0.496 e. The summed E-state index contributed by atoms with van der Waals surface area (Å²) in [6.45, 7) is 6.40. The fraction of sp³-hybridized carbons (Fsp3) is 0.474. The highest BCUT2D eigenvalue weighted by Crippen LogP contribution is 2.28. The van der Waals surface area contributed by atoms with E-state index in [1.807, 2.05) is 18.2 Å². The highest BCUT2D eigenvalue weighted by Gasteiger charge is 2.21. The molecule has 1 atom stereocenters. The monoisotopic (exact) mass is 311 g/mol. The molecular weight excluding hydrogens is 286 g/mol. The first kappa shape index (κ1) is 15.9. The standard InChI is InChI=1S/C19H25N3O/c1-13-19(16-8-6-10-20-12-16)14(2)22-18(21-13)11-15-7-4-5-9-17(15)23-3/h4-5,7,9,16,20H,6,8,10-12H2,1-3H3. The van der Waals surface area contributed by atoms with E-state index in [0.29, 0.717) is 12.3 Å². The van der Waals surface area contributed by atoms with Gasteiger partial charge in [-0.1, -0.05) is 18.2 Å². The molecule has 2 heterocycles. The van der Waals surface area contributed by atoms with E-state index in [1.54, 1.807) is 7.11 Å². The van der Waals surface area contributed by atoms with Gasteiger partial charge in [0.1, 0.15) is 11.6 Å². The summed E-state index contributed by atoms with van der Waals surface area (Å²) < 4.78 is 5.43. The van der Waals surface area contributed by atoms with Crippen molar-refractivity contribution in [2.75, 3.05) is 20.2 Å². The van der Waals surface area contributed by atoms with Crippen LogP contribution in [0.25, 0.3) is 0 Å². The van der Waals surface area contributed by atoms with Crippen LogP contribution in [0.4, 0.5) is 0 Å². The molecule has 4 nitrogen and oxygen atoms in total. The van der Waals surface area contributed by atoms with Crippen molar-refractivity contribution in [3.05, 3.63) is 52.6 Å². The van der Waals surface area contributed by atoms with E-state index >= 15 is 0 Å². The van der Waals surface area contributed by atoms with Crippen molar-refractivity contribution < 1.29 is 4.74 Å². The number of aromatic nitrogens is 2. The number of methoxy groups -OCH3 is 1. The van der Waals surface area contributed by atoms with Crippen LogP contribution < -0.4 is 10.1 Å². The van der Waals surface area contributed by atoms with Crippen molar-refractivity contribution in [1.82, 2.24) is 15.3 Å². The van der Waals surface area contributed by atoms with E-state index in [2.05, 4.69) is 25.2 Å². The maximum Gasteiger partial charge on any atom is 0.133 e. The zero-order valence-corrected chi connectivity index (χ0v) is 14.2. The third-order valence-corrected chi connectivity index (χ3v) is 4.62. The van der Waals surface area contributed by atoms with Crippen LogP contribution >= 0.6 is 0 Å². The number of aryl methyl sites for hydroxylation is 2. The lowest BCUT2D eigenvalue weighted by molar-refractivity contribution is 0.410. The Morgan fingerprint density at radius 3 is 2.57 bits per heavy atom. The van der Waals surface area contributed by atoms with Gasteiger partial charge < -0.3 is 10.1 Å². The minimum atomic E-state index is 0.545. The molecule has 122 valence electrons. The lowest BCUT2D eigenvalue weighted by atomic mass is 9.89. The van der Waals surface area contributed by atoms with Crippen molar-refractivity contribution in [1.29, 1.82) is 0 Å². The summed E-state index contributed by atoms with van der Waals surface area (Å²) in [4.78, 5) is 9.57. The van der Waals surface area contributed by atoms with Gasteiger partial charge in [-0.3, -0.25) is 0 Å². The van der Waals surface area contributed by atoms with Crippen LogP contribution in [0.2, 0.25) is 0 Å². The van der Waals surface area contributed by atoms with Gasteiger partial charge in [0.25, 0.3) is 0 Å². The number of piperidine rings is 1. The molecule has 1 N–H and O–H groups in total. The van der Waals surface area contributed by atoms with Crippen LogP contribution in [0, 0.1) is 13.8 Å². The first-order valence-corrected chi connectivity index (χ1v) is 8.35. The fourth-order valence-corrected chi connectivity index (χ4v) is 3.58. The summed E-state index contributed by atoms with van der Waals surface area (Å²) in [6.07, 6.45) is 3.16. The first-order chi connectivity index (χ1) is 11.2. The molecule has 4 heteroatoms. The molecule has 1 aromatic heterocycles. The number of para-hydroxylation sites is 1. The third kappa shape index (κ3) is 3.53. The smallest absolute Gasteiger partial charge is 0.133 e. The van der Waals surface area contributed by atoms with Crippen molar-refractivity contribution in [2.45, 2.75) is 39.0 Å². The molecule has 1 saturated heterocycles. The molecule has 0 aliphatic carbocycles. The summed E-state index contributed by atoms with van der Waals surface area (Å²) in [5, 5.41) is 3.49. The zero-order chi connectivity index (χ0) is 16.2. The number of rotatable bonds is 4. The third-order valence-electron chi connectivity index (χ3n) is 4.62. The molecule has 0 spiro atoms. The van der Waals surface area contributed by atoms with Crippen LogP contribution in [0.3, 0.4) is 0 Å². The summed E-state index contributed by atoms with van der Waals surface area (Å²) >= 11 is 0. The van der Waals surface area contributed by atoms with Crippen molar-refractivity contribution in [3.63, 3.8) is 0 Å². The molecule has 0 amide bonds. The Hall–Kier alpha value is -1.94. The average Bonchev–Trinajstić information content (AvgIpc) is 2.56. The molecule has 0 radical (unpaired) electrons.